The Kier molecular flexibility index (Phi) is 12.5. The molecule has 0 aliphatic carbocycles. The topological polar surface area (TPSA) is 102 Å². The van der Waals surface area contributed by atoms with Crippen LogP contribution < -0.4 is 0 Å². The molecule has 0 rings (SSSR count). The summed E-state index contributed by atoms with van der Waals surface area (Å²) < 4.78 is 28.1. The third kappa shape index (κ3) is 16.7. The molecule has 0 heterocycles. The number of hydrogen-bond acceptors (Lipinski definition) is 5. The maximum absolute atomic E-state index is 11.8. The number of nitrogens with zero attached hydrogens (tertiary/aromatic N) is 1. The molecule has 0 aromatic rings. The molecule has 8 nitrogen and oxygen atoms in total. The summed E-state index contributed by atoms with van der Waals surface area (Å²) in [4.78, 5) is 20.1. The lowest BCUT2D eigenvalue weighted by Gasteiger charge is -2.24. The minimum absolute atomic E-state index is 0.00761. The van der Waals surface area contributed by atoms with Crippen LogP contribution in [-0.4, -0.2) is 74.1 Å². The minimum Gasteiger partial charge on any atom is -0.481 e. The molecule has 2 N–H and O–H groups in total. The molecule has 2 atom stereocenters. The van der Waals surface area contributed by atoms with Gasteiger partial charge in [-0.3, -0.25) is 13.8 Å². The zero-order valence-corrected chi connectivity index (χ0v) is 16.9. The number of ether oxygens (including phenoxy) is 1. The lowest BCUT2D eigenvalue weighted by atomic mass is 10.1. The maximum Gasteiger partial charge on any atom is 0.472 e. The zero-order chi connectivity index (χ0) is 19.3. The molecule has 0 bridgehead atoms. The van der Waals surface area contributed by atoms with Crippen molar-refractivity contribution >= 4 is 13.8 Å². The van der Waals surface area contributed by atoms with Gasteiger partial charge in [0.1, 0.15) is 13.2 Å². The van der Waals surface area contributed by atoms with Crippen molar-refractivity contribution in [2.75, 3.05) is 47.5 Å². The summed E-state index contributed by atoms with van der Waals surface area (Å²) in [5.41, 5.74) is 0. The van der Waals surface area contributed by atoms with Gasteiger partial charge in [0.05, 0.1) is 33.9 Å². The van der Waals surface area contributed by atoms with E-state index in [-0.39, 0.29) is 25.7 Å². The largest absolute Gasteiger partial charge is 0.481 e. The second-order valence-electron chi connectivity index (χ2n) is 7.07. The van der Waals surface area contributed by atoms with E-state index >= 15 is 0 Å². The third-order valence-electron chi connectivity index (χ3n) is 3.53. The normalized spacial score (nSPS) is 15.7. The standard InChI is InChI=1S/C16H34NO7P/c1-5-15(22-12-9-7-6-8-10-16(18)19)14-24-25(20,21)23-13-11-17(2,3)4/h15H,5-14H2,1-4H3,(H-,18,19,20,21)/p+1/t15-/m1/s1. The number of carbonyl (C=O) groups is 1. The average Bonchev–Trinajstić information content (AvgIpc) is 2.47. The van der Waals surface area contributed by atoms with Crippen LogP contribution in [0, 0.1) is 0 Å². The number of hydrogen-bond donors (Lipinski definition) is 2. The first kappa shape index (κ1) is 24.5. The van der Waals surface area contributed by atoms with Crippen LogP contribution in [0.3, 0.4) is 0 Å². The van der Waals surface area contributed by atoms with Gasteiger partial charge in [-0.05, 0) is 19.3 Å². The molecule has 0 aliphatic heterocycles. The summed E-state index contributed by atoms with van der Waals surface area (Å²) >= 11 is 0. The van der Waals surface area contributed by atoms with Gasteiger partial charge < -0.3 is 19.2 Å². The van der Waals surface area contributed by atoms with E-state index in [0.717, 1.165) is 19.3 Å². The van der Waals surface area contributed by atoms with Crippen LogP contribution in [-0.2, 0) is 23.1 Å². The first-order valence-electron chi connectivity index (χ1n) is 8.81. The van der Waals surface area contributed by atoms with Crippen LogP contribution >= 0.6 is 7.82 Å². The second-order valence-corrected chi connectivity index (χ2v) is 8.52. The molecule has 25 heavy (non-hydrogen) atoms. The van der Waals surface area contributed by atoms with Crippen LogP contribution in [0.4, 0.5) is 0 Å². The molecule has 0 saturated heterocycles. The molecule has 0 aliphatic rings. The van der Waals surface area contributed by atoms with Crippen molar-refractivity contribution in [2.45, 2.75) is 51.6 Å². The van der Waals surface area contributed by atoms with E-state index in [2.05, 4.69) is 0 Å². The van der Waals surface area contributed by atoms with Gasteiger partial charge in [0.2, 0.25) is 0 Å². The molecule has 150 valence electrons. The molecule has 0 saturated carbocycles. The predicted molar refractivity (Wildman–Crippen MR) is 95.4 cm³/mol. The number of rotatable bonds is 16. The summed E-state index contributed by atoms with van der Waals surface area (Å²) in [6, 6.07) is 0. The van der Waals surface area contributed by atoms with E-state index in [0.29, 0.717) is 30.5 Å². The average molecular weight is 384 g/mol. The van der Waals surface area contributed by atoms with Crippen LogP contribution in [0.25, 0.3) is 0 Å². The van der Waals surface area contributed by atoms with E-state index in [9.17, 15) is 14.3 Å². The van der Waals surface area contributed by atoms with Gasteiger partial charge >= 0.3 is 13.8 Å². The number of carboxylic acid groups (broad SMARTS) is 1. The van der Waals surface area contributed by atoms with Gasteiger partial charge in [-0.25, -0.2) is 4.57 Å². The summed E-state index contributed by atoms with van der Waals surface area (Å²) in [5.74, 6) is -0.767. The van der Waals surface area contributed by atoms with E-state index in [1.54, 1.807) is 0 Å². The highest BCUT2D eigenvalue weighted by molar-refractivity contribution is 7.47. The number of phosphoric acid groups is 1. The molecule has 0 amide bonds. The number of unbranched alkanes of at least 4 members (excludes halogenated alkanes) is 3. The van der Waals surface area contributed by atoms with Crippen molar-refractivity contribution < 1.29 is 37.6 Å². The van der Waals surface area contributed by atoms with Crippen molar-refractivity contribution in [3.63, 3.8) is 0 Å². The summed E-state index contributed by atoms with van der Waals surface area (Å²) in [5, 5.41) is 8.55. The second kappa shape index (κ2) is 12.8. The highest BCUT2D eigenvalue weighted by Gasteiger charge is 2.24. The molecular weight excluding hydrogens is 349 g/mol. The highest BCUT2D eigenvalue weighted by atomic mass is 31.2. The van der Waals surface area contributed by atoms with Crippen LogP contribution in [0.1, 0.15) is 45.4 Å². The fraction of sp³-hybridized carbons (Fsp3) is 0.938. The van der Waals surface area contributed by atoms with Crippen molar-refractivity contribution in [1.82, 2.24) is 0 Å². The zero-order valence-electron chi connectivity index (χ0n) is 16.0. The molecule has 0 aromatic heterocycles. The smallest absolute Gasteiger partial charge is 0.472 e. The summed E-state index contributed by atoms with van der Waals surface area (Å²) in [7, 11) is 1.85. The number of aliphatic carboxylic acids is 1. The van der Waals surface area contributed by atoms with Gasteiger partial charge in [0.15, 0.2) is 0 Å². The quantitative estimate of drug-likeness (QED) is 0.240. The maximum atomic E-state index is 11.8. The molecule has 0 aromatic carbocycles. The number of phosphoric ester groups is 1. The Morgan fingerprint density at radius 2 is 1.72 bits per heavy atom. The Morgan fingerprint density at radius 1 is 1.08 bits per heavy atom. The Bertz CT molecular complexity index is 412. The van der Waals surface area contributed by atoms with Gasteiger partial charge in [0.25, 0.3) is 0 Å². The Balaban J connectivity index is 3.85. The molecule has 0 fully saturated rings. The van der Waals surface area contributed by atoms with Crippen molar-refractivity contribution in [3.8, 4) is 0 Å². The summed E-state index contributed by atoms with van der Waals surface area (Å²) in [6.07, 6.45) is 3.86. The lowest BCUT2D eigenvalue weighted by Crippen LogP contribution is -2.37. The van der Waals surface area contributed by atoms with Gasteiger partial charge in [-0.2, -0.15) is 0 Å². The molecule has 0 radical (unpaired) electrons. The van der Waals surface area contributed by atoms with Gasteiger partial charge in [-0.15, -0.1) is 0 Å². The molecule has 0 spiro atoms. The number of likely N-dealkylation sites (N-methyl/N-ethyl adjacent to an activating group) is 1. The van der Waals surface area contributed by atoms with Crippen molar-refractivity contribution in [2.24, 2.45) is 0 Å². The fourth-order valence-electron chi connectivity index (χ4n) is 1.91. The minimum atomic E-state index is -4.05. The SMILES string of the molecule is CC[C@H](COP(=O)(O)OCC[N+](C)(C)C)OCCCCCCC(=O)O. The molecule has 1 unspecified atom stereocenters. The third-order valence-corrected chi connectivity index (χ3v) is 4.52. The Morgan fingerprint density at radius 3 is 2.28 bits per heavy atom. The van der Waals surface area contributed by atoms with Crippen LogP contribution in [0.5, 0.6) is 0 Å². The van der Waals surface area contributed by atoms with Crippen molar-refractivity contribution in [3.05, 3.63) is 0 Å². The molecular formula is C16H35NO7P+. The number of quaternary nitrogens is 1. The monoisotopic (exact) mass is 384 g/mol. The predicted octanol–water partition coefficient (Wildman–Crippen LogP) is 2.66. The fourth-order valence-corrected chi connectivity index (χ4v) is 2.65. The van der Waals surface area contributed by atoms with E-state index < -0.39 is 13.8 Å². The van der Waals surface area contributed by atoms with Gasteiger partial charge in [-0.1, -0.05) is 19.8 Å². The lowest BCUT2D eigenvalue weighted by molar-refractivity contribution is -0.870. The molecule has 9 heteroatoms. The first-order valence-corrected chi connectivity index (χ1v) is 10.3. The highest BCUT2D eigenvalue weighted by Crippen LogP contribution is 2.43. The van der Waals surface area contributed by atoms with Crippen LogP contribution in [0.2, 0.25) is 0 Å². The van der Waals surface area contributed by atoms with Crippen LogP contribution in [0.15, 0.2) is 0 Å². The van der Waals surface area contributed by atoms with E-state index in [1.165, 1.54) is 0 Å². The summed E-state index contributed by atoms with van der Waals surface area (Å²) in [6.45, 7) is 3.19. The van der Waals surface area contributed by atoms with Crippen molar-refractivity contribution in [1.29, 1.82) is 0 Å². The van der Waals surface area contributed by atoms with E-state index in [4.69, 9.17) is 18.9 Å². The Hall–Kier alpha value is -0.500. The Labute approximate surface area is 151 Å². The first-order chi connectivity index (χ1) is 11.6. The number of carboxylic acids is 1. The van der Waals surface area contributed by atoms with Gasteiger partial charge in [0, 0.05) is 13.0 Å². The van der Waals surface area contributed by atoms with E-state index in [1.807, 2.05) is 28.1 Å².